The third-order valence-corrected chi connectivity index (χ3v) is 3.85. The lowest BCUT2D eigenvalue weighted by molar-refractivity contribution is 0.624. The number of hydrogen-bond donors (Lipinski definition) is 1. The lowest BCUT2D eigenvalue weighted by atomic mass is 10.1. The van der Waals surface area contributed by atoms with E-state index in [-0.39, 0.29) is 11.9 Å². The van der Waals surface area contributed by atoms with Crippen molar-refractivity contribution in [1.82, 2.24) is 0 Å². The van der Waals surface area contributed by atoms with Crippen LogP contribution >= 0.6 is 23.4 Å². The zero-order valence-electron chi connectivity index (χ0n) is 9.64. The Hall–Kier alpha value is -1.03. The summed E-state index contributed by atoms with van der Waals surface area (Å²) in [5, 5.41) is 0.679. The molecule has 0 aliphatic carbocycles. The maximum atomic E-state index is 13.0. The standard InChI is InChI=1S/C14H13ClFNS/c15-11-4-1-3-10(7-11)14(17)9-18-13-6-2-5-12(16)8-13/h1-8,14H,9,17H2. The van der Waals surface area contributed by atoms with Gasteiger partial charge in [-0.25, -0.2) is 4.39 Å². The van der Waals surface area contributed by atoms with Gasteiger partial charge in [-0.05, 0) is 35.9 Å². The zero-order chi connectivity index (χ0) is 13.0. The van der Waals surface area contributed by atoms with Gasteiger partial charge in [-0.15, -0.1) is 11.8 Å². The predicted molar refractivity (Wildman–Crippen MR) is 75.5 cm³/mol. The van der Waals surface area contributed by atoms with Gasteiger partial charge in [0.05, 0.1) is 0 Å². The molecule has 0 aliphatic heterocycles. The summed E-state index contributed by atoms with van der Waals surface area (Å²) in [6.07, 6.45) is 0. The van der Waals surface area contributed by atoms with Gasteiger partial charge in [0, 0.05) is 21.7 Å². The number of halogens is 2. The maximum Gasteiger partial charge on any atom is 0.124 e. The number of rotatable bonds is 4. The predicted octanol–water partition coefficient (Wildman–Crippen LogP) is 4.27. The van der Waals surface area contributed by atoms with E-state index in [0.717, 1.165) is 10.5 Å². The van der Waals surface area contributed by atoms with E-state index in [1.54, 1.807) is 6.07 Å². The molecule has 0 radical (unpaired) electrons. The third-order valence-electron chi connectivity index (χ3n) is 2.50. The summed E-state index contributed by atoms with van der Waals surface area (Å²) in [5.74, 6) is 0.459. The van der Waals surface area contributed by atoms with Crippen molar-refractivity contribution < 1.29 is 4.39 Å². The van der Waals surface area contributed by atoms with Crippen molar-refractivity contribution in [2.75, 3.05) is 5.75 Å². The van der Waals surface area contributed by atoms with Gasteiger partial charge in [-0.3, -0.25) is 0 Å². The molecule has 0 saturated carbocycles. The summed E-state index contributed by atoms with van der Waals surface area (Å²) in [5.41, 5.74) is 7.07. The summed E-state index contributed by atoms with van der Waals surface area (Å²) in [7, 11) is 0. The fraction of sp³-hybridized carbons (Fsp3) is 0.143. The molecule has 1 unspecified atom stereocenters. The van der Waals surface area contributed by atoms with Crippen LogP contribution in [0.15, 0.2) is 53.4 Å². The smallest absolute Gasteiger partial charge is 0.124 e. The number of hydrogen-bond acceptors (Lipinski definition) is 2. The summed E-state index contributed by atoms with van der Waals surface area (Å²) < 4.78 is 13.0. The summed E-state index contributed by atoms with van der Waals surface area (Å²) in [6.45, 7) is 0. The fourth-order valence-electron chi connectivity index (χ4n) is 1.58. The highest BCUT2D eigenvalue weighted by Gasteiger charge is 2.07. The van der Waals surface area contributed by atoms with Gasteiger partial charge in [0.1, 0.15) is 5.82 Å². The fourth-order valence-corrected chi connectivity index (χ4v) is 2.71. The van der Waals surface area contributed by atoms with Gasteiger partial charge >= 0.3 is 0 Å². The minimum Gasteiger partial charge on any atom is -0.323 e. The van der Waals surface area contributed by atoms with Crippen LogP contribution in [0.2, 0.25) is 5.02 Å². The van der Waals surface area contributed by atoms with Crippen molar-refractivity contribution in [3.8, 4) is 0 Å². The van der Waals surface area contributed by atoms with Crippen LogP contribution in [0.5, 0.6) is 0 Å². The van der Waals surface area contributed by atoms with Crippen molar-refractivity contribution in [3.05, 3.63) is 64.9 Å². The molecular formula is C14H13ClFNS. The Kier molecular flexibility index (Phi) is 4.64. The van der Waals surface area contributed by atoms with E-state index in [9.17, 15) is 4.39 Å². The molecule has 0 aromatic heterocycles. The monoisotopic (exact) mass is 281 g/mol. The van der Waals surface area contributed by atoms with E-state index in [2.05, 4.69) is 0 Å². The Balaban J connectivity index is 1.98. The molecule has 0 spiro atoms. The SMILES string of the molecule is NC(CSc1cccc(F)c1)c1cccc(Cl)c1. The van der Waals surface area contributed by atoms with Gasteiger partial charge in [0.15, 0.2) is 0 Å². The highest BCUT2D eigenvalue weighted by atomic mass is 35.5. The lowest BCUT2D eigenvalue weighted by Gasteiger charge is -2.12. The minimum absolute atomic E-state index is 0.114. The molecule has 0 heterocycles. The zero-order valence-corrected chi connectivity index (χ0v) is 11.2. The summed E-state index contributed by atoms with van der Waals surface area (Å²) in [4.78, 5) is 0.882. The average molecular weight is 282 g/mol. The highest BCUT2D eigenvalue weighted by Crippen LogP contribution is 2.25. The van der Waals surface area contributed by atoms with E-state index in [1.165, 1.54) is 23.9 Å². The van der Waals surface area contributed by atoms with Gasteiger partial charge in [-0.2, -0.15) is 0 Å². The molecule has 1 nitrogen and oxygen atoms in total. The van der Waals surface area contributed by atoms with Crippen LogP contribution in [0.4, 0.5) is 4.39 Å². The van der Waals surface area contributed by atoms with Crippen molar-refractivity contribution in [1.29, 1.82) is 0 Å². The minimum atomic E-state index is -0.226. The molecule has 0 amide bonds. The van der Waals surface area contributed by atoms with Crippen molar-refractivity contribution in [3.63, 3.8) is 0 Å². The van der Waals surface area contributed by atoms with E-state index < -0.39 is 0 Å². The molecule has 18 heavy (non-hydrogen) atoms. The van der Waals surface area contributed by atoms with E-state index in [0.29, 0.717) is 10.8 Å². The first-order valence-electron chi connectivity index (χ1n) is 5.54. The van der Waals surface area contributed by atoms with Gasteiger partial charge in [0.2, 0.25) is 0 Å². The van der Waals surface area contributed by atoms with E-state index in [4.69, 9.17) is 17.3 Å². The molecule has 2 N–H and O–H groups in total. The second-order valence-corrected chi connectivity index (χ2v) is 5.46. The number of benzene rings is 2. The van der Waals surface area contributed by atoms with Crippen molar-refractivity contribution >= 4 is 23.4 Å². The Bertz CT molecular complexity index is 533. The first kappa shape index (κ1) is 13.4. The van der Waals surface area contributed by atoms with Crippen LogP contribution in [-0.4, -0.2) is 5.75 Å². The summed E-state index contributed by atoms with van der Waals surface area (Å²) >= 11 is 7.45. The third kappa shape index (κ3) is 3.73. The Morgan fingerprint density at radius 2 is 1.94 bits per heavy atom. The number of thioether (sulfide) groups is 1. The molecule has 1 atom stereocenters. The Morgan fingerprint density at radius 3 is 2.67 bits per heavy atom. The van der Waals surface area contributed by atoms with Gasteiger partial charge in [-0.1, -0.05) is 29.8 Å². The molecular weight excluding hydrogens is 269 g/mol. The molecule has 4 heteroatoms. The molecule has 2 aromatic carbocycles. The summed E-state index contributed by atoms with van der Waals surface area (Å²) in [6, 6.07) is 13.9. The van der Waals surface area contributed by atoms with E-state index >= 15 is 0 Å². The van der Waals surface area contributed by atoms with Crippen molar-refractivity contribution in [2.24, 2.45) is 5.73 Å². The highest BCUT2D eigenvalue weighted by molar-refractivity contribution is 7.99. The van der Waals surface area contributed by atoms with Crippen molar-refractivity contribution in [2.45, 2.75) is 10.9 Å². The topological polar surface area (TPSA) is 26.0 Å². The lowest BCUT2D eigenvalue weighted by Crippen LogP contribution is -2.12. The molecule has 0 saturated heterocycles. The Labute approximate surface area is 115 Å². The van der Waals surface area contributed by atoms with Crippen LogP contribution in [0.3, 0.4) is 0 Å². The largest absolute Gasteiger partial charge is 0.323 e. The molecule has 2 aromatic rings. The van der Waals surface area contributed by atoms with Gasteiger partial charge < -0.3 is 5.73 Å². The molecule has 0 bridgehead atoms. The van der Waals surface area contributed by atoms with Crippen LogP contribution in [0.1, 0.15) is 11.6 Å². The van der Waals surface area contributed by atoms with Crippen LogP contribution in [0, 0.1) is 5.82 Å². The van der Waals surface area contributed by atoms with Crippen LogP contribution < -0.4 is 5.73 Å². The van der Waals surface area contributed by atoms with Crippen LogP contribution in [0.25, 0.3) is 0 Å². The first-order chi connectivity index (χ1) is 8.65. The first-order valence-corrected chi connectivity index (χ1v) is 6.91. The quantitative estimate of drug-likeness (QED) is 0.847. The normalized spacial score (nSPS) is 12.4. The molecule has 0 fully saturated rings. The Morgan fingerprint density at radius 1 is 1.17 bits per heavy atom. The second-order valence-electron chi connectivity index (χ2n) is 3.93. The average Bonchev–Trinajstić information content (AvgIpc) is 2.36. The molecule has 2 rings (SSSR count). The van der Waals surface area contributed by atoms with Crippen LogP contribution in [-0.2, 0) is 0 Å². The van der Waals surface area contributed by atoms with Gasteiger partial charge in [0.25, 0.3) is 0 Å². The molecule has 0 aliphatic rings. The van der Waals surface area contributed by atoms with E-state index in [1.807, 2.05) is 30.3 Å². The number of nitrogens with two attached hydrogens (primary N) is 1. The maximum absolute atomic E-state index is 13.0. The second kappa shape index (κ2) is 6.23. The molecule has 94 valence electrons.